The number of H-pyrrole nitrogens is 1. The lowest BCUT2D eigenvalue weighted by Crippen LogP contribution is -2.47. The Morgan fingerprint density at radius 1 is 1.27 bits per heavy atom. The number of benzene rings is 1. The molecule has 0 spiro atoms. The number of nitrogens with one attached hydrogen (secondary N) is 1. The lowest BCUT2D eigenvalue weighted by molar-refractivity contribution is -0.530. The van der Waals surface area contributed by atoms with E-state index < -0.39 is 23.5 Å². The Balaban J connectivity index is 1.94. The van der Waals surface area contributed by atoms with Crippen LogP contribution in [0.25, 0.3) is 10.9 Å². The summed E-state index contributed by atoms with van der Waals surface area (Å²) in [5, 5.41) is -0.0783. The summed E-state index contributed by atoms with van der Waals surface area (Å²) in [6, 6.07) is 2.36. The van der Waals surface area contributed by atoms with Crippen molar-refractivity contribution in [1.82, 2.24) is 9.88 Å². The predicted molar refractivity (Wildman–Crippen MR) is 101 cm³/mol. The maximum atomic E-state index is 14.3. The van der Waals surface area contributed by atoms with Gasteiger partial charge in [-0.05, 0) is 12.1 Å². The minimum Gasteiger partial charge on any atom is -0.465 e. The van der Waals surface area contributed by atoms with Crippen molar-refractivity contribution in [2.45, 2.75) is 0 Å². The van der Waals surface area contributed by atoms with Gasteiger partial charge in [-0.3, -0.25) is 9.59 Å². The van der Waals surface area contributed by atoms with E-state index in [1.54, 1.807) is 0 Å². The van der Waals surface area contributed by atoms with Gasteiger partial charge in [-0.1, -0.05) is 0 Å². The molecule has 136 valence electrons. The van der Waals surface area contributed by atoms with Crippen LogP contribution < -0.4 is 0 Å². The second-order valence-electron chi connectivity index (χ2n) is 5.79. The van der Waals surface area contributed by atoms with Gasteiger partial charge in [0, 0.05) is 34.2 Å². The molecular formula is C17H16FIN3O4+. The average Bonchev–Trinajstić information content (AvgIpc) is 3.12. The Kier molecular flexibility index (Phi) is 5.35. The molecule has 7 nitrogen and oxygen atoms in total. The first kappa shape index (κ1) is 18.5. The smallest absolute Gasteiger partial charge is 0.339 e. The summed E-state index contributed by atoms with van der Waals surface area (Å²) >= 11 is 2.12. The number of amides is 1. The van der Waals surface area contributed by atoms with E-state index in [4.69, 9.17) is 0 Å². The molecule has 9 heteroatoms. The first-order chi connectivity index (χ1) is 12.5. The normalized spacial score (nSPS) is 14.4. The molecule has 0 unspecified atom stereocenters. The number of carbonyl (C=O) groups excluding carboxylic acids is 3. The molecule has 0 aliphatic carbocycles. The molecule has 0 saturated carbocycles. The van der Waals surface area contributed by atoms with E-state index in [1.165, 1.54) is 24.3 Å². The number of nitrogens with zero attached hydrogens (tertiary/aromatic N) is 2. The molecule has 1 fully saturated rings. The van der Waals surface area contributed by atoms with Gasteiger partial charge in [0.1, 0.15) is 5.82 Å². The SMILES string of the molecule is COC(=O)c1ccc(F)c2c(C(=O)C(=O)N3CC[N+](=CI)CC3)c[nH]c12. The van der Waals surface area contributed by atoms with Gasteiger partial charge in [-0.25, -0.2) is 13.8 Å². The Morgan fingerprint density at radius 3 is 2.58 bits per heavy atom. The molecule has 1 aliphatic heterocycles. The minimum atomic E-state index is -0.802. The van der Waals surface area contributed by atoms with Crippen molar-refractivity contribution < 1.29 is 28.1 Å². The summed E-state index contributed by atoms with van der Waals surface area (Å²) in [6.45, 7) is 2.11. The summed E-state index contributed by atoms with van der Waals surface area (Å²) < 4.78 is 22.9. The van der Waals surface area contributed by atoms with Crippen LogP contribution in [0.2, 0.25) is 0 Å². The van der Waals surface area contributed by atoms with Gasteiger partial charge in [0.05, 0.1) is 36.8 Å². The van der Waals surface area contributed by atoms with Crippen LogP contribution in [0.4, 0.5) is 4.39 Å². The van der Waals surface area contributed by atoms with Crippen LogP contribution in [0, 0.1) is 5.82 Å². The topological polar surface area (TPSA) is 82.5 Å². The number of ether oxygens (including phenoxy) is 1. The molecule has 0 radical (unpaired) electrons. The highest BCUT2D eigenvalue weighted by Gasteiger charge is 2.31. The number of esters is 1. The number of hydrogen-bond acceptors (Lipinski definition) is 4. The number of aromatic amines is 1. The summed E-state index contributed by atoms with van der Waals surface area (Å²) in [6.07, 6.45) is 1.26. The van der Waals surface area contributed by atoms with Crippen molar-refractivity contribution in [2.24, 2.45) is 0 Å². The van der Waals surface area contributed by atoms with Crippen LogP contribution in [0.3, 0.4) is 0 Å². The van der Waals surface area contributed by atoms with Gasteiger partial charge < -0.3 is 14.6 Å². The zero-order valence-electron chi connectivity index (χ0n) is 13.9. The van der Waals surface area contributed by atoms with Gasteiger partial charge in [0.25, 0.3) is 11.7 Å². The molecule has 1 aromatic carbocycles. The standard InChI is InChI=1S/C17H15FIN3O4/c1-26-17(25)10-2-3-12(18)13-11(8-20-14(10)13)15(23)16(24)22-6-4-21(9-19)5-7-22/h2-3,8-9H,4-7H2,1H3/p+1. The Labute approximate surface area is 161 Å². The molecule has 0 atom stereocenters. The van der Waals surface area contributed by atoms with Crippen molar-refractivity contribution in [2.75, 3.05) is 33.3 Å². The zero-order chi connectivity index (χ0) is 18.8. The molecule has 1 amide bonds. The Bertz CT molecular complexity index is 927. The van der Waals surface area contributed by atoms with E-state index in [2.05, 4.69) is 32.3 Å². The number of hydrogen-bond donors (Lipinski definition) is 1. The number of ketones is 1. The third-order valence-corrected chi connectivity index (χ3v) is 5.16. The van der Waals surface area contributed by atoms with Crippen LogP contribution in [-0.4, -0.2) is 69.6 Å². The van der Waals surface area contributed by atoms with Crippen molar-refractivity contribution >= 4 is 55.4 Å². The van der Waals surface area contributed by atoms with Gasteiger partial charge in [-0.2, -0.15) is 0 Å². The molecule has 3 rings (SSSR count). The number of piperazine rings is 1. The maximum absolute atomic E-state index is 14.3. The van der Waals surface area contributed by atoms with Crippen LogP contribution in [-0.2, 0) is 9.53 Å². The van der Waals surface area contributed by atoms with E-state index in [0.717, 1.165) is 6.07 Å². The third-order valence-electron chi connectivity index (χ3n) is 4.37. The van der Waals surface area contributed by atoms with E-state index in [-0.39, 0.29) is 22.0 Å². The van der Waals surface area contributed by atoms with Crippen molar-refractivity contribution in [3.05, 3.63) is 35.3 Å². The van der Waals surface area contributed by atoms with E-state index in [1.807, 2.05) is 8.80 Å². The maximum Gasteiger partial charge on any atom is 0.339 e. The zero-order valence-corrected chi connectivity index (χ0v) is 16.1. The molecule has 1 aliphatic rings. The average molecular weight is 472 g/mol. The number of fused-ring (bicyclic) bond motifs is 1. The Morgan fingerprint density at radius 2 is 1.96 bits per heavy atom. The van der Waals surface area contributed by atoms with E-state index in [0.29, 0.717) is 26.2 Å². The highest BCUT2D eigenvalue weighted by Crippen LogP contribution is 2.26. The highest BCUT2D eigenvalue weighted by molar-refractivity contribution is 14.1. The van der Waals surface area contributed by atoms with Crippen molar-refractivity contribution in [3.8, 4) is 0 Å². The first-order valence-electron chi connectivity index (χ1n) is 7.87. The molecule has 2 heterocycles. The summed E-state index contributed by atoms with van der Waals surface area (Å²) in [5.41, 5.74) is 0.148. The molecule has 2 aromatic rings. The summed E-state index contributed by atoms with van der Waals surface area (Å²) in [7, 11) is 1.21. The number of aromatic nitrogens is 1. The third kappa shape index (κ3) is 3.22. The lowest BCUT2D eigenvalue weighted by Gasteiger charge is -2.24. The first-order valence-corrected chi connectivity index (χ1v) is 9.11. The molecular weight excluding hydrogens is 456 g/mol. The molecule has 1 N–H and O–H groups in total. The Hall–Kier alpha value is -2.30. The summed E-state index contributed by atoms with van der Waals surface area (Å²) in [5.74, 6) is -2.83. The van der Waals surface area contributed by atoms with Crippen molar-refractivity contribution in [1.29, 1.82) is 0 Å². The fourth-order valence-corrected chi connectivity index (χ4v) is 3.50. The monoisotopic (exact) mass is 472 g/mol. The number of halogens is 2. The van der Waals surface area contributed by atoms with Gasteiger partial charge in [0.2, 0.25) is 0 Å². The quantitative estimate of drug-likeness (QED) is 0.242. The van der Waals surface area contributed by atoms with Crippen molar-refractivity contribution in [3.63, 3.8) is 0 Å². The van der Waals surface area contributed by atoms with Gasteiger partial charge in [-0.15, -0.1) is 0 Å². The fraction of sp³-hybridized carbons (Fsp3) is 0.294. The van der Waals surface area contributed by atoms with Crippen LogP contribution in [0.1, 0.15) is 20.7 Å². The predicted octanol–water partition coefficient (Wildman–Crippen LogP) is 1.59. The second-order valence-corrected chi connectivity index (χ2v) is 6.35. The van der Waals surface area contributed by atoms with E-state index in [9.17, 15) is 18.8 Å². The van der Waals surface area contributed by atoms with Crippen LogP contribution in [0.5, 0.6) is 0 Å². The molecule has 1 aromatic heterocycles. The number of carbonyl (C=O) groups is 3. The van der Waals surface area contributed by atoms with Crippen LogP contribution in [0.15, 0.2) is 18.3 Å². The lowest BCUT2D eigenvalue weighted by atomic mass is 10.0. The molecule has 26 heavy (non-hydrogen) atoms. The highest BCUT2D eigenvalue weighted by atomic mass is 127. The second kappa shape index (κ2) is 7.52. The number of methoxy groups -OCH3 is 1. The van der Waals surface area contributed by atoms with E-state index >= 15 is 0 Å². The minimum absolute atomic E-state index is 0.0783. The molecule has 0 bridgehead atoms. The van der Waals surface area contributed by atoms with Gasteiger partial charge in [0.15, 0.2) is 17.3 Å². The summed E-state index contributed by atoms with van der Waals surface area (Å²) in [4.78, 5) is 41.2. The van der Waals surface area contributed by atoms with Crippen LogP contribution >= 0.6 is 22.6 Å². The molecule has 1 saturated heterocycles. The fourth-order valence-electron chi connectivity index (χ4n) is 2.95. The largest absolute Gasteiger partial charge is 0.465 e. The number of rotatable bonds is 3. The van der Waals surface area contributed by atoms with Gasteiger partial charge >= 0.3 is 5.97 Å². The number of Topliss-reactive ketones (excluding diaryl/α,β-unsaturated/α-hetero) is 1.